The van der Waals surface area contributed by atoms with Crippen molar-refractivity contribution in [2.75, 3.05) is 14.2 Å². The number of aromatic nitrogens is 4. The molecule has 0 spiro atoms. The van der Waals surface area contributed by atoms with Gasteiger partial charge in [-0.05, 0) is 23.6 Å². The Morgan fingerprint density at radius 1 is 1.18 bits per heavy atom. The zero-order valence-corrected chi connectivity index (χ0v) is 21.2. The normalized spacial score (nSPS) is 15.3. The molecular formula is C23H30IN7O2. The van der Waals surface area contributed by atoms with Crippen molar-refractivity contribution in [3.63, 3.8) is 0 Å². The van der Waals surface area contributed by atoms with Gasteiger partial charge < -0.3 is 20.1 Å². The Hall–Kier alpha value is -2.73. The van der Waals surface area contributed by atoms with Gasteiger partial charge in [-0.2, -0.15) is 5.10 Å². The van der Waals surface area contributed by atoms with E-state index in [0.29, 0.717) is 25.6 Å². The van der Waals surface area contributed by atoms with Crippen LogP contribution in [0.4, 0.5) is 0 Å². The third-order valence-electron chi connectivity index (χ3n) is 5.23. The van der Waals surface area contributed by atoms with Gasteiger partial charge >= 0.3 is 0 Å². The molecule has 1 atom stereocenters. The van der Waals surface area contributed by atoms with Crippen molar-refractivity contribution < 1.29 is 9.47 Å². The Morgan fingerprint density at radius 2 is 2.03 bits per heavy atom. The first kappa shape index (κ1) is 24.9. The van der Waals surface area contributed by atoms with E-state index in [1.54, 1.807) is 20.4 Å². The Balaban J connectivity index is 0.00000306. The average molecular weight is 563 g/mol. The lowest BCUT2D eigenvalue weighted by molar-refractivity contribution is 0.177. The third-order valence-corrected chi connectivity index (χ3v) is 5.23. The van der Waals surface area contributed by atoms with E-state index in [-0.39, 0.29) is 30.0 Å². The van der Waals surface area contributed by atoms with Gasteiger partial charge in [0.1, 0.15) is 19.0 Å². The zero-order chi connectivity index (χ0) is 22.2. The summed E-state index contributed by atoms with van der Waals surface area (Å²) in [4.78, 5) is 13.2. The van der Waals surface area contributed by atoms with Crippen molar-refractivity contribution in [2.45, 2.75) is 45.2 Å². The molecule has 2 N–H and O–H groups in total. The molecule has 3 aromatic rings. The Kier molecular flexibility index (Phi) is 9.43. The van der Waals surface area contributed by atoms with Crippen LogP contribution < -0.4 is 15.4 Å². The van der Waals surface area contributed by atoms with Crippen LogP contribution in [0.5, 0.6) is 5.88 Å². The summed E-state index contributed by atoms with van der Waals surface area (Å²) in [6, 6.07) is 14.2. The second-order valence-corrected chi connectivity index (χ2v) is 7.64. The molecule has 0 saturated carbocycles. The molecule has 9 nitrogen and oxygen atoms in total. The van der Waals surface area contributed by atoms with Crippen molar-refractivity contribution in [1.82, 2.24) is 30.4 Å². The first-order valence-electron chi connectivity index (χ1n) is 10.7. The molecule has 2 aromatic heterocycles. The van der Waals surface area contributed by atoms with E-state index in [1.165, 1.54) is 0 Å². The van der Waals surface area contributed by atoms with E-state index >= 15 is 0 Å². The third kappa shape index (κ3) is 7.13. The summed E-state index contributed by atoms with van der Waals surface area (Å²) in [6.45, 7) is 2.29. The molecule has 0 bridgehead atoms. The molecule has 176 valence electrons. The highest BCUT2D eigenvalue weighted by atomic mass is 127. The number of aliphatic imine (C=N–C) groups is 1. The predicted molar refractivity (Wildman–Crippen MR) is 137 cm³/mol. The van der Waals surface area contributed by atoms with E-state index in [1.807, 2.05) is 47.1 Å². The van der Waals surface area contributed by atoms with Gasteiger partial charge in [0.05, 0.1) is 6.54 Å². The highest BCUT2D eigenvalue weighted by Crippen LogP contribution is 2.14. The Labute approximate surface area is 211 Å². The second-order valence-electron chi connectivity index (χ2n) is 7.64. The number of nitrogens with one attached hydrogen (secondary N) is 2. The Bertz CT molecular complexity index is 1040. The number of halogens is 1. The van der Waals surface area contributed by atoms with Gasteiger partial charge in [-0.25, -0.2) is 14.6 Å². The SMILES string of the molecule is CN=C(NCc1ccnc(OCc2ccccc2)c1)NC1CCc2nc(COC)nn2C1.I. The topological polar surface area (TPSA) is 98.5 Å². The van der Waals surface area contributed by atoms with Gasteiger partial charge in [0.15, 0.2) is 11.8 Å². The molecule has 0 amide bonds. The van der Waals surface area contributed by atoms with E-state index in [2.05, 4.69) is 30.7 Å². The number of fused-ring (bicyclic) bond motifs is 1. The summed E-state index contributed by atoms with van der Waals surface area (Å²) in [6.07, 6.45) is 3.61. The van der Waals surface area contributed by atoms with Gasteiger partial charge in [0.25, 0.3) is 0 Å². The van der Waals surface area contributed by atoms with Crippen molar-refractivity contribution in [3.8, 4) is 5.88 Å². The molecule has 0 fully saturated rings. The second kappa shape index (κ2) is 12.5. The summed E-state index contributed by atoms with van der Waals surface area (Å²) in [5.74, 6) is 3.10. The molecule has 1 aliphatic heterocycles. The number of methoxy groups -OCH3 is 1. The molecule has 0 saturated heterocycles. The maximum Gasteiger partial charge on any atom is 0.213 e. The summed E-state index contributed by atoms with van der Waals surface area (Å²) in [7, 11) is 3.43. The largest absolute Gasteiger partial charge is 0.473 e. The summed E-state index contributed by atoms with van der Waals surface area (Å²) < 4.78 is 12.9. The van der Waals surface area contributed by atoms with Gasteiger partial charge in [0, 0.05) is 45.4 Å². The summed E-state index contributed by atoms with van der Waals surface area (Å²) in [5, 5.41) is 11.4. The fourth-order valence-corrected chi connectivity index (χ4v) is 3.61. The first-order chi connectivity index (χ1) is 15.7. The maximum atomic E-state index is 5.83. The molecule has 33 heavy (non-hydrogen) atoms. The number of rotatable bonds is 8. The predicted octanol–water partition coefficient (Wildman–Crippen LogP) is 2.70. The molecule has 3 heterocycles. The molecule has 10 heteroatoms. The van der Waals surface area contributed by atoms with Crippen LogP contribution in [0, 0.1) is 0 Å². The minimum Gasteiger partial charge on any atom is -0.473 e. The molecular weight excluding hydrogens is 533 g/mol. The first-order valence-corrected chi connectivity index (χ1v) is 10.7. The maximum absolute atomic E-state index is 5.83. The number of pyridine rings is 1. The van der Waals surface area contributed by atoms with Crippen molar-refractivity contribution in [1.29, 1.82) is 0 Å². The summed E-state index contributed by atoms with van der Waals surface area (Å²) in [5.41, 5.74) is 2.18. The van der Waals surface area contributed by atoms with Gasteiger partial charge in [-0.1, -0.05) is 30.3 Å². The minimum atomic E-state index is 0. The van der Waals surface area contributed by atoms with Crippen LogP contribution in [0.15, 0.2) is 53.7 Å². The van der Waals surface area contributed by atoms with Gasteiger partial charge in [0.2, 0.25) is 5.88 Å². The monoisotopic (exact) mass is 563 g/mol. The van der Waals surface area contributed by atoms with Crippen LogP contribution in [0.3, 0.4) is 0 Å². The van der Waals surface area contributed by atoms with E-state index in [0.717, 1.165) is 48.1 Å². The standard InChI is InChI=1S/C23H29N7O2.HI/c1-24-23(27-19-8-9-21-28-20(16-31-2)29-30(21)14-19)26-13-18-10-11-25-22(12-18)32-15-17-6-4-3-5-7-17;/h3-7,10-12,19H,8-9,13-16H2,1-2H3,(H2,24,26,27);1H. The van der Waals surface area contributed by atoms with Crippen LogP contribution in [0.25, 0.3) is 0 Å². The van der Waals surface area contributed by atoms with Crippen molar-refractivity contribution in [3.05, 3.63) is 71.4 Å². The zero-order valence-electron chi connectivity index (χ0n) is 18.9. The number of hydrogen-bond acceptors (Lipinski definition) is 6. The van der Waals surface area contributed by atoms with Gasteiger partial charge in [-0.3, -0.25) is 4.99 Å². The van der Waals surface area contributed by atoms with Crippen LogP contribution in [-0.4, -0.2) is 45.9 Å². The number of benzene rings is 1. The quantitative estimate of drug-likeness (QED) is 0.247. The van der Waals surface area contributed by atoms with Crippen LogP contribution >= 0.6 is 24.0 Å². The van der Waals surface area contributed by atoms with E-state index in [9.17, 15) is 0 Å². The smallest absolute Gasteiger partial charge is 0.213 e. The molecule has 0 radical (unpaired) electrons. The lowest BCUT2D eigenvalue weighted by Crippen LogP contribution is -2.46. The Morgan fingerprint density at radius 3 is 2.82 bits per heavy atom. The van der Waals surface area contributed by atoms with Crippen molar-refractivity contribution >= 4 is 29.9 Å². The molecule has 1 aromatic carbocycles. The highest BCUT2D eigenvalue weighted by Gasteiger charge is 2.22. The van der Waals surface area contributed by atoms with E-state index < -0.39 is 0 Å². The number of aryl methyl sites for hydroxylation is 1. The number of guanidine groups is 1. The number of ether oxygens (including phenoxy) is 2. The molecule has 4 rings (SSSR count). The fraction of sp³-hybridized carbons (Fsp3) is 0.391. The lowest BCUT2D eigenvalue weighted by atomic mass is 10.1. The molecule has 0 aliphatic carbocycles. The van der Waals surface area contributed by atoms with Crippen LogP contribution in [0.1, 0.15) is 29.2 Å². The molecule has 1 unspecified atom stereocenters. The average Bonchev–Trinajstić information content (AvgIpc) is 3.23. The number of nitrogens with zero attached hydrogens (tertiary/aromatic N) is 5. The van der Waals surface area contributed by atoms with Crippen molar-refractivity contribution in [2.24, 2.45) is 4.99 Å². The number of hydrogen-bond donors (Lipinski definition) is 2. The minimum absolute atomic E-state index is 0. The molecule has 1 aliphatic rings. The highest BCUT2D eigenvalue weighted by molar-refractivity contribution is 14.0. The van der Waals surface area contributed by atoms with Gasteiger partial charge in [-0.15, -0.1) is 24.0 Å². The van der Waals surface area contributed by atoms with E-state index in [4.69, 9.17) is 9.47 Å². The fourth-order valence-electron chi connectivity index (χ4n) is 3.61. The summed E-state index contributed by atoms with van der Waals surface area (Å²) >= 11 is 0. The van der Waals surface area contributed by atoms with Crippen LogP contribution in [-0.2, 0) is 37.5 Å². The van der Waals surface area contributed by atoms with Crippen LogP contribution in [0.2, 0.25) is 0 Å². The lowest BCUT2D eigenvalue weighted by Gasteiger charge is -2.25.